The number of anilines is 2. The molecule has 7 heteroatoms. The number of carbonyl (C=O) groups excluding carboxylic acids is 2. The van der Waals surface area contributed by atoms with Gasteiger partial charge >= 0.3 is 0 Å². The van der Waals surface area contributed by atoms with Crippen LogP contribution in [-0.4, -0.2) is 54.0 Å². The number of fused-ring (bicyclic) bond motifs is 2. The van der Waals surface area contributed by atoms with Gasteiger partial charge in [0, 0.05) is 57.3 Å². The van der Waals surface area contributed by atoms with Crippen LogP contribution in [0.15, 0.2) is 48.8 Å². The molecule has 3 heterocycles. The van der Waals surface area contributed by atoms with Crippen LogP contribution in [0.2, 0.25) is 0 Å². The second-order valence-electron chi connectivity index (χ2n) is 11.2. The minimum Gasteiger partial charge on any atom is -0.490 e. The van der Waals surface area contributed by atoms with Crippen LogP contribution in [0.5, 0.6) is 5.75 Å². The maximum absolute atomic E-state index is 12.8. The SMILES string of the molecule is O=C(Nc1ccc(OC2CCN(C(=O)CC3C[C@@H]4CCC3C4)CC2)cc1)C1CN(c2cccnc2)C1. The van der Waals surface area contributed by atoms with Crippen LogP contribution in [0.1, 0.15) is 44.9 Å². The number of aromatic nitrogens is 1. The minimum absolute atomic E-state index is 0.0159. The van der Waals surface area contributed by atoms with Crippen molar-refractivity contribution in [2.24, 2.45) is 23.7 Å². The van der Waals surface area contributed by atoms with Gasteiger partial charge in [0.25, 0.3) is 0 Å². The zero-order chi connectivity index (χ0) is 24.5. The molecule has 3 atom stereocenters. The van der Waals surface area contributed by atoms with Crippen molar-refractivity contribution in [1.82, 2.24) is 9.88 Å². The van der Waals surface area contributed by atoms with Crippen LogP contribution in [0.3, 0.4) is 0 Å². The Kier molecular flexibility index (Phi) is 6.55. The Bertz CT molecular complexity index is 1060. The highest BCUT2D eigenvalue weighted by Crippen LogP contribution is 2.49. The Labute approximate surface area is 213 Å². The summed E-state index contributed by atoms with van der Waals surface area (Å²) in [6.07, 6.45) is 11.6. The Morgan fingerprint density at radius 2 is 1.81 bits per heavy atom. The standard InChI is InChI=1S/C29H36N4O3/c34-28(16-22-15-20-3-4-21(22)14-20)32-12-9-27(10-13-32)36-26-7-5-24(6-8-26)31-29(35)23-18-33(19-23)25-2-1-11-30-17-25/h1-2,5-8,11,17,20-23,27H,3-4,9-10,12-16,18-19H2,(H,31,35)/t20-,21?,22?/m1/s1. The van der Waals surface area contributed by atoms with Crippen LogP contribution in [-0.2, 0) is 9.59 Å². The monoisotopic (exact) mass is 488 g/mol. The molecule has 0 radical (unpaired) electrons. The fraction of sp³-hybridized carbons (Fsp3) is 0.552. The van der Waals surface area contributed by atoms with Crippen LogP contribution < -0.4 is 15.0 Å². The zero-order valence-electron chi connectivity index (χ0n) is 20.9. The number of nitrogens with zero attached hydrogens (tertiary/aromatic N) is 3. The second-order valence-corrected chi connectivity index (χ2v) is 11.2. The number of hydrogen-bond acceptors (Lipinski definition) is 5. The predicted octanol–water partition coefficient (Wildman–Crippen LogP) is 4.35. The zero-order valence-corrected chi connectivity index (χ0v) is 20.9. The Hall–Kier alpha value is -3.09. The lowest BCUT2D eigenvalue weighted by Gasteiger charge is -2.39. The number of likely N-dealkylation sites (tertiary alicyclic amines) is 1. The molecule has 2 unspecified atom stereocenters. The average Bonchev–Trinajstić information content (AvgIpc) is 3.49. The summed E-state index contributed by atoms with van der Waals surface area (Å²) in [6, 6.07) is 11.6. The lowest BCUT2D eigenvalue weighted by molar-refractivity contribution is -0.134. The predicted molar refractivity (Wildman–Crippen MR) is 139 cm³/mol. The van der Waals surface area contributed by atoms with Gasteiger partial charge in [-0.05, 0) is 73.4 Å². The molecule has 2 saturated heterocycles. The van der Waals surface area contributed by atoms with Gasteiger partial charge in [0.15, 0.2) is 0 Å². The maximum Gasteiger partial charge on any atom is 0.231 e. The smallest absolute Gasteiger partial charge is 0.231 e. The van der Waals surface area contributed by atoms with Gasteiger partial charge in [-0.1, -0.05) is 6.42 Å². The molecule has 190 valence electrons. The molecular formula is C29H36N4O3. The largest absolute Gasteiger partial charge is 0.490 e. The van der Waals surface area contributed by atoms with Crippen LogP contribution >= 0.6 is 0 Å². The van der Waals surface area contributed by atoms with Crippen molar-refractivity contribution >= 4 is 23.2 Å². The molecule has 6 rings (SSSR count). The van der Waals surface area contributed by atoms with E-state index >= 15 is 0 Å². The van der Waals surface area contributed by atoms with E-state index in [1.165, 1.54) is 25.7 Å². The number of nitrogens with one attached hydrogen (secondary N) is 1. The van der Waals surface area contributed by atoms with Crippen molar-refractivity contribution in [2.45, 2.75) is 51.0 Å². The van der Waals surface area contributed by atoms with Gasteiger partial charge in [-0.15, -0.1) is 0 Å². The molecule has 0 spiro atoms. The molecule has 1 aromatic heterocycles. The number of amides is 2. The van der Waals surface area contributed by atoms with E-state index in [-0.39, 0.29) is 17.9 Å². The molecule has 2 aromatic rings. The molecule has 4 fully saturated rings. The van der Waals surface area contributed by atoms with Crippen molar-refractivity contribution in [3.63, 3.8) is 0 Å². The van der Waals surface area contributed by atoms with Gasteiger partial charge in [-0.2, -0.15) is 0 Å². The lowest BCUT2D eigenvalue weighted by atomic mass is 9.86. The van der Waals surface area contributed by atoms with E-state index < -0.39 is 0 Å². The Morgan fingerprint density at radius 3 is 2.47 bits per heavy atom. The molecule has 2 bridgehead atoms. The Morgan fingerprint density at radius 1 is 1.00 bits per heavy atom. The van der Waals surface area contributed by atoms with Crippen molar-refractivity contribution in [1.29, 1.82) is 0 Å². The van der Waals surface area contributed by atoms with E-state index in [9.17, 15) is 9.59 Å². The number of piperidine rings is 1. The summed E-state index contributed by atoms with van der Waals surface area (Å²) in [5, 5.41) is 3.02. The topological polar surface area (TPSA) is 74.8 Å². The summed E-state index contributed by atoms with van der Waals surface area (Å²) < 4.78 is 6.20. The maximum atomic E-state index is 12.8. The number of carbonyl (C=O) groups is 2. The van der Waals surface area contributed by atoms with Crippen molar-refractivity contribution < 1.29 is 14.3 Å². The summed E-state index contributed by atoms with van der Waals surface area (Å²) in [5.41, 5.74) is 1.84. The van der Waals surface area contributed by atoms with Crippen molar-refractivity contribution in [2.75, 3.05) is 36.4 Å². The van der Waals surface area contributed by atoms with Crippen LogP contribution in [0.25, 0.3) is 0 Å². The van der Waals surface area contributed by atoms with Crippen molar-refractivity contribution in [3.05, 3.63) is 48.8 Å². The summed E-state index contributed by atoms with van der Waals surface area (Å²) in [5.74, 6) is 3.53. The van der Waals surface area contributed by atoms with Gasteiger partial charge in [0.05, 0.1) is 17.8 Å². The fourth-order valence-corrected chi connectivity index (χ4v) is 6.65. The number of pyridine rings is 1. The summed E-state index contributed by atoms with van der Waals surface area (Å²) >= 11 is 0. The van der Waals surface area contributed by atoms with Crippen molar-refractivity contribution in [3.8, 4) is 5.75 Å². The first kappa shape index (κ1) is 23.3. The highest BCUT2D eigenvalue weighted by molar-refractivity contribution is 5.94. The first-order valence-corrected chi connectivity index (χ1v) is 13.6. The molecular weight excluding hydrogens is 452 g/mol. The molecule has 1 N–H and O–H groups in total. The van der Waals surface area contributed by atoms with E-state index in [1.54, 1.807) is 6.20 Å². The van der Waals surface area contributed by atoms with E-state index in [0.717, 1.165) is 61.3 Å². The summed E-state index contributed by atoms with van der Waals surface area (Å²) in [7, 11) is 0. The molecule has 36 heavy (non-hydrogen) atoms. The third-order valence-electron chi connectivity index (χ3n) is 8.80. The van der Waals surface area contributed by atoms with E-state index in [1.807, 2.05) is 42.6 Å². The number of hydrogen-bond donors (Lipinski definition) is 1. The normalized spacial score (nSPS) is 26.1. The van der Waals surface area contributed by atoms with Gasteiger partial charge < -0.3 is 19.9 Å². The van der Waals surface area contributed by atoms with Gasteiger partial charge in [-0.25, -0.2) is 0 Å². The Balaban J connectivity index is 0.918. The molecule has 2 aliphatic heterocycles. The molecule has 2 aliphatic carbocycles. The van der Waals surface area contributed by atoms with Gasteiger partial charge in [0.2, 0.25) is 11.8 Å². The fourth-order valence-electron chi connectivity index (χ4n) is 6.65. The van der Waals surface area contributed by atoms with Crippen LogP contribution in [0, 0.1) is 23.7 Å². The first-order chi connectivity index (χ1) is 17.6. The first-order valence-electron chi connectivity index (χ1n) is 13.6. The number of benzene rings is 1. The number of ether oxygens (including phenoxy) is 1. The quantitative estimate of drug-likeness (QED) is 0.627. The highest BCUT2D eigenvalue weighted by Gasteiger charge is 2.41. The van der Waals surface area contributed by atoms with E-state index in [2.05, 4.69) is 20.1 Å². The molecule has 2 amide bonds. The highest BCUT2D eigenvalue weighted by atomic mass is 16.5. The van der Waals surface area contributed by atoms with Gasteiger partial charge in [0.1, 0.15) is 11.9 Å². The summed E-state index contributed by atoms with van der Waals surface area (Å²) in [4.78, 5) is 33.8. The summed E-state index contributed by atoms with van der Waals surface area (Å²) in [6.45, 7) is 3.00. The van der Waals surface area contributed by atoms with E-state index in [4.69, 9.17) is 4.74 Å². The van der Waals surface area contributed by atoms with Gasteiger partial charge in [-0.3, -0.25) is 14.6 Å². The lowest BCUT2D eigenvalue weighted by Crippen LogP contribution is -2.52. The molecule has 2 saturated carbocycles. The third kappa shape index (κ3) is 5.06. The average molecular weight is 489 g/mol. The second kappa shape index (κ2) is 10.1. The van der Waals surface area contributed by atoms with Crippen LogP contribution in [0.4, 0.5) is 11.4 Å². The van der Waals surface area contributed by atoms with E-state index in [0.29, 0.717) is 24.9 Å². The minimum atomic E-state index is -0.0159. The number of rotatable bonds is 7. The molecule has 4 aliphatic rings. The molecule has 7 nitrogen and oxygen atoms in total. The molecule has 1 aromatic carbocycles. The third-order valence-corrected chi connectivity index (χ3v) is 8.80.